The topological polar surface area (TPSA) is 514 Å². The van der Waals surface area contributed by atoms with E-state index in [-0.39, 0.29) is 6.29 Å². The fraction of sp³-hybridized carbons (Fsp3) is 0.972. The van der Waals surface area contributed by atoms with E-state index in [2.05, 4.69) is 0 Å². The van der Waals surface area contributed by atoms with E-state index in [0.29, 0.717) is 0 Å². The van der Waals surface area contributed by atoms with Gasteiger partial charge in [0.05, 0.1) is 39.6 Å². The fourth-order valence-corrected chi connectivity index (χ4v) is 7.96. The van der Waals surface area contributed by atoms with E-state index in [1.807, 2.05) is 0 Å². The summed E-state index contributed by atoms with van der Waals surface area (Å²) in [5.41, 5.74) is 0. The van der Waals surface area contributed by atoms with Crippen LogP contribution in [-0.4, -0.2) is 326 Å². The molecule has 0 spiro atoms. The first-order valence-corrected chi connectivity index (χ1v) is 20.9. The standard InChI is InChI=1S/C36H62O31/c37-1-8(43)15(45)28(9(44)2-38)64-35-26(56)21(51)31(12(5-41)61-35)66-34-24(54)19(49)17(47)14(63-34)7-58-32-25(55)20(50)29(11(4-40)60-32)67-36-27(57)22(52)30(13(6-42)62-36)65-33-23(53)18(48)16(46)10(3-39)59-33/h1,8-36,38-57H,2-7H2/t8-,9+,10+,11+,12+,13+,14+,15+,16+,17+,18-,19-,20+,21+,22+,23+,24+,25+,26+,27+,28+,29+,30+,31+,32-,33+,34+,35+,36+/m0/s1. The third-order valence-electron chi connectivity index (χ3n) is 12.0. The van der Waals surface area contributed by atoms with Gasteiger partial charge in [0.25, 0.3) is 0 Å². The van der Waals surface area contributed by atoms with E-state index in [1.54, 1.807) is 0 Å². The van der Waals surface area contributed by atoms with Crippen molar-refractivity contribution >= 4 is 6.29 Å². The number of carbonyl (C=O) groups is 1. The van der Waals surface area contributed by atoms with Crippen molar-refractivity contribution < 1.29 is 154 Å². The van der Waals surface area contributed by atoms with Crippen molar-refractivity contribution in [2.75, 3.05) is 39.6 Å². The van der Waals surface area contributed by atoms with Gasteiger partial charge in [0, 0.05) is 0 Å². The smallest absolute Gasteiger partial charge is 0.187 e. The maximum atomic E-state index is 11.1. The third kappa shape index (κ3) is 12.2. The molecular formula is C36H62O31. The Balaban J connectivity index is 1.20. The maximum absolute atomic E-state index is 11.1. The number of aliphatic hydroxyl groups is 20. The van der Waals surface area contributed by atoms with Crippen molar-refractivity contribution in [3.8, 4) is 0 Å². The Morgan fingerprint density at radius 3 is 1.18 bits per heavy atom. The van der Waals surface area contributed by atoms with Crippen LogP contribution in [0.4, 0.5) is 0 Å². The van der Waals surface area contributed by atoms with Gasteiger partial charge in [-0.05, 0) is 0 Å². The molecule has 5 aliphatic rings. The molecule has 20 N–H and O–H groups in total. The predicted molar refractivity (Wildman–Crippen MR) is 200 cm³/mol. The first kappa shape index (κ1) is 56.4. The molecule has 0 aromatic rings. The van der Waals surface area contributed by atoms with Crippen molar-refractivity contribution in [2.45, 2.75) is 178 Å². The van der Waals surface area contributed by atoms with Crippen LogP contribution in [0.5, 0.6) is 0 Å². The molecule has 392 valence electrons. The summed E-state index contributed by atoms with van der Waals surface area (Å²) < 4.78 is 54.9. The molecular weight excluding hydrogens is 928 g/mol. The largest absolute Gasteiger partial charge is 0.394 e. The third-order valence-corrected chi connectivity index (χ3v) is 12.0. The number of ether oxygens (including phenoxy) is 10. The quantitative estimate of drug-likeness (QED) is 0.0504. The zero-order chi connectivity index (χ0) is 49.8. The molecule has 67 heavy (non-hydrogen) atoms. The van der Waals surface area contributed by atoms with E-state index < -0.39 is 218 Å². The first-order valence-electron chi connectivity index (χ1n) is 20.9. The molecule has 0 saturated carbocycles. The lowest BCUT2D eigenvalue weighted by atomic mass is 9.96. The molecule has 0 aromatic heterocycles. The number of rotatable bonds is 20. The summed E-state index contributed by atoms with van der Waals surface area (Å²) in [7, 11) is 0. The highest BCUT2D eigenvalue weighted by molar-refractivity contribution is 5.56. The number of carbonyl (C=O) groups excluding carboxylic acids is 1. The van der Waals surface area contributed by atoms with Crippen molar-refractivity contribution in [1.29, 1.82) is 0 Å². The van der Waals surface area contributed by atoms with Crippen LogP contribution in [-0.2, 0) is 52.2 Å². The lowest BCUT2D eigenvalue weighted by Gasteiger charge is -2.48. The molecule has 0 bridgehead atoms. The highest BCUT2D eigenvalue weighted by Gasteiger charge is 2.56. The highest BCUT2D eigenvalue weighted by Crippen LogP contribution is 2.35. The summed E-state index contributed by atoms with van der Waals surface area (Å²) in [4.78, 5) is 11.0. The van der Waals surface area contributed by atoms with Gasteiger partial charge in [-0.1, -0.05) is 0 Å². The average molecular weight is 991 g/mol. The summed E-state index contributed by atoms with van der Waals surface area (Å²) in [6.07, 6.45) is -56.3. The summed E-state index contributed by atoms with van der Waals surface area (Å²) >= 11 is 0. The van der Waals surface area contributed by atoms with Gasteiger partial charge in [0.2, 0.25) is 0 Å². The van der Waals surface area contributed by atoms with Crippen LogP contribution in [0, 0.1) is 0 Å². The summed E-state index contributed by atoms with van der Waals surface area (Å²) in [5, 5.41) is 208. The van der Waals surface area contributed by atoms with E-state index in [4.69, 9.17) is 47.4 Å². The van der Waals surface area contributed by atoms with Gasteiger partial charge in [0.1, 0.15) is 146 Å². The van der Waals surface area contributed by atoms with E-state index in [1.165, 1.54) is 0 Å². The Morgan fingerprint density at radius 1 is 0.418 bits per heavy atom. The molecule has 0 aliphatic carbocycles. The normalized spacial score (nSPS) is 48.3. The van der Waals surface area contributed by atoms with Gasteiger partial charge < -0.3 is 154 Å². The van der Waals surface area contributed by atoms with Gasteiger partial charge in [-0.15, -0.1) is 0 Å². The molecule has 0 unspecified atom stereocenters. The number of hydrogen-bond acceptors (Lipinski definition) is 31. The van der Waals surface area contributed by atoms with Crippen LogP contribution >= 0.6 is 0 Å². The summed E-state index contributed by atoms with van der Waals surface area (Å²) in [6.45, 7) is -5.78. The van der Waals surface area contributed by atoms with Crippen LogP contribution in [0.15, 0.2) is 0 Å². The van der Waals surface area contributed by atoms with Crippen molar-refractivity contribution in [1.82, 2.24) is 0 Å². The molecule has 5 rings (SSSR count). The second kappa shape index (κ2) is 24.7. The molecule has 0 radical (unpaired) electrons. The van der Waals surface area contributed by atoms with Crippen LogP contribution in [0.3, 0.4) is 0 Å². The Kier molecular flexibility index (Phi) is 20.8. The molecule has 29 atom stereocenters. The second-order valence-corrected chi connectivity index (χ2v) is 16.4. The van der Waals surface area contributed by atoms with Gasteiger partial charge in [-0.25, -0.2) is 0 Å². The van der Waals surface area contributed by atoms with Gasteiger partial charge in [0.15, 0.2) is 37.7 Å². The minimum absolute atomic E-state index is 0.124. The summed E-state index contributed by atoms with van der Waals surface area (Å²) in [5.74, 6) is 0. The Morgan fingerprint density at radius 2 is 0.761 bits per heavy atom. The van der Waals surface area contributed by atoms with Crippen molar-refractivity contribution in [3.05, 3.63) is 0 Å². The van der Waals surface area contributed by atoms with E-state index >= 15 is 0 Å². The maximum Gasteiger partial charge on any atom is 0.187 e. The lowest BCUT2D eigenvalue weighted by Crippen LogP contribution is -2.67. The minimum Gasteiger partial charge on any atom is -0.394 e. The van der Waals surface area contributed by atoms with E-state index in [9.17, 15) is 107 Å². The van der Waals surface area contributed by atoms with Gasteiger partial charge in [-0.3, -0.25) is 0 Å². The monoisotopic (exact) mass is 990 g/mol. The molecule has 0 aromatic carbocycles. The van der Waals surface area contributed by atoms with Gasteiger partial charge in [-0.2, -0.15) is 0 Å². The van der Waals surface area contributed by atoms with Crippen molar-refractivity contribution in [3.63, 3.8) is 0 Å². The molecule has 0 amide bonds. The number of aliphatic hydroxyl groups excluding tert-OH is 20. The van der Waals surface area contributed by atoms with Crippen LogP contribution in [0.25, 0.3) is 0 Å². The van der Waals surface area contributed by atoms with Crippen molar-refractivity contribution in [2.24, 2.45) is 0 Å². The van der Waals surface area contributed by atoms with Gasteiger partial charge >= 0.3 is 0 Å². The zero-order valence-corrected chi connectivity index (χ0v) is 35.0. The lowest BCUT2D eigenvalue weighted by molar-refractivity contribution is -0.383. The number of aldehydes is 1. The van der Waals surface area contributed by atoms with Crippen LogP contribution in [0.1, 0.15) is 0 Å². The Hall–Kier alpha value is -1.53. The summed E-state index contributed by atoms with van der Waals surface area (Å²) in [6, 6.07) is 0. The zero-order valence-electron chi connectivity index (χ0n) is 35.0. The average Bonchev–Trinajstić information content (AvgIpc) is 3.32. The molecule has 5 saturated heterocycles. The molecule has 5 heterocycles. The van der Waals surface area contributed by atoms with Crippen LogP contribution < -0.4 is 0 Å². The minimum atomic E-state index is -2.20. The Bertz CT molecular complexity index is 1480. The fourth-order valence-electron chi connectivity index (χ4n) is 7.96. The van der Waals surface area contributed by atoms with Crippen LogP contribution in [0.2, 0.25) is 0 Å². The predicted octanol–water partition coefficient (Wildman–Crippen LogP) is -14.3. The SMILES string of the molecule is O=C[C@H](O)[C@@H](O)[C@H](O[C@H]1O[C@H](CO)[C@@H](O[C@H]2O[C@H](CO[C@H]3O[C@H](CO)[C@@H](O[C@H]4O[C@H](CO)[C@@H](O[C@H]5O[C@H](CO)[C@@H](O)[C@H](O)[C@H]5O)[C@H](O)[C@H]4O)[C@H](O)[C@H]3O)[C@@H](O)[C@H](O)[C@H]2O)[C@H](O)[C@H]1O)[C@H](O)CO. The molecule has 31 nitrogen and oxygen atoms in total. The highest BCUT2D eigenvalue weighted by atomic mass is 16.8. The molecule has 5 fully saturated rings. The molecule has 31 heteroatoms. The van der Waals surface area contributed by atoms with E-state index in [0.717, 1.165) is 0 Å². The molecule has 5 aliphatic heterocycles. The first-order chi connectivity index (χ1) is 31.7. The second-order valence-electron chi connectivity index (χ2n) is 16.4. The Labute approximate surface area is 378 Å². The number of hydrogen-bond donors (Lipinski definition) is 20.